The Kier molecular flexibility index (Phi) is 3.65. The monoisotopic (exact) mass is 369 g/mol. The third-order valence-corrected chi connectivity index (χ3v) is 3.75. The van der Waals surface area contributed by atoms with Crippen LogP contribution >= 0.6 is 15.9 Å². The second-order valence-electron chi connectivity index (χ2n) is 4.60. The summed E-state index contributed by atoms with van der Waals surface area (Å²) < 4.78 is 29.2. The summed E-state index contributed by atoms with van der Waals surface area (Å²) in [5.41, 5.74) is 5.36. The molecule has 0 aliphatic heterocycles. The minimum Gasteiger partial charge on any atom is -0.368 e. The molecule has 2 aromatic heterocycles. The van der Waals surface area contributed by atoms with Crippen LogP contribution in [0, 0.1) is 0 Å². The van der Waals surface area contributed by atoms with E-state index in [9.17, 15) is 13.6 Å². The number of fused-ring (bicyclic) bond motifs is 1. The van der Waals surface area contributed by atoms with Crippen molar-refractivity contribution in [1.29, 1.82) is 0 Å². The van der Waals surface area contributed by atoms with Crippen LogP contribution in [-0.2, 0) is 11.3 Å². The third kappa shape index (κ3) is 2.59. The molecule has 22 heavy (non-hydrogen) atoms. The second kappa shape index (κ2) is 5.48. The smallest absolute Gasteiger partial charge is 0.280 e. The molecular weight excluding hydrogens is 360 g/mol. The van der Waals surface area contributed by atoms with Crippen LogP contribution in [0.2, 0.25) is 0 Å². The number of primary amides is 1. The van der Waals surface area contributed by atoms with Gasteiger partial charge in [-0.2, -0.15) is 10.2 Å². The zero-order valence-electron chi connectivity index (χ0n) is 11.1. The lowest BCUT2D eigenvalue weighted by Gasteiger charge is -2.02. The van der Waals surface area contributed by atoms with Gasteiger partial charge < -0.3 is 5.73 Å². The van der Waals surface area contributed by atoms with Crippen LogP contribution in [0.1, 0.15) is 12.1 Å². The van der Waals surface area contributed by atoms with E-state index in [4.69, 9.17) is 5.73 Å². The van der Waals surface area contributed by atoms with Crippen LogP contribution in [0.25, 0.3) is 16.7 Å². The maximum absolute atomic E-state index is 13.0. The minimum atomic E-state index is -2.77. The molecule has 0 radical (unpaired) electrons. The van der Waals surface area contributed by atoms with E-state index in [0.29, 0.717) is 5.52 Å². The van der Waals surface area contributed by atoms with E-state index < -0.39 is 18.9 Å². The van der Waals surface area contributed by atoms with Crippen molar-refractivity contribution in [3.05, 3.63) is 40.6 Å². The molecule has 3 rings (SSSR count). The number of carbonyl (C=O) groups is 1. The van der Waals surface area contributed by atoms with Crippen molar-refractivity contribution in [3.63, 3.8) is 0 Å². The zero-order chi connectivity index (χ0) is 15.9. The van der Waals surface area contributed by atoms with Gasteiger partial charge in [0.1, 0.15) is 12.2 Å². The summed E-state index contributed by atoms with van der Waals surface area (Å²) >= 11 is 3.40. The predicted octanol–water partition coefficient (Wildman–Crippen LogP) is 2.41. The maximum atomic E-state index is 13.0. The van der Waals surface area contributed by atoms with Crippen molar-refractivity contribution in [2.45, 2.75) is 13.0 Å². The highest BCUT2D eigenvalue weighted by Gasteiger charge is 2.19. The lowest BCUT2D eigenvalue weighted by molar-refractivity contribution is -0.118. The van der Waals surface area contributed by atoms with Crippen LogP contribution in [0.3, 0.4) is 0 Å². The van der Waals surface area contributed by atoms with Crippen LogP contribution < -0.4 is 5.73 Å². The highest BCUT2D eigenvalue weighted by molar-refractivity contribution is 9.10. The number of nitrogens with zero attached hydrogens (tertiary/aromatic N) is 4. The summed E-state index contributed by atoms with van der Waals surface area (Å²) in [5, 5.41) is 9.10. The number of aromatic nitrogens is 4. The molecule has 0 aliphatic rings. The Morgan fingerprint density at radius 2 is 2.14 bits per heavy atom. The van der Waals surface area contributed by atoms with Gasteiger partial charge in [0.15, 0.2) is 5.82 Å². The van der Waals surface area contributed by atoms with Gasteiger partial charge in [-0.1, -0.05) is 22.0 Å². The molecule has 0 bridgehead atoms. The Morgan fingerprint density at radius 3 is 2.77 bits per heavy atom. The SMILES string of the molecule is NC(=O)Cn1nc(-n2cc3c(Br)cccc3n2)cc1C(F)F. The summed E-state index contributed by atoms with van der Waals surface area (Å²) in [6.07, 6.45) is -1.09. The first-order valence-electron chi connectivity index (χ1n) is 6.24. The number of hydrogen-bond acceptors (Lipinski definition) is 3. The summed E-state index contributed by atoms with van der Waals surface area (Å²) in [6.45, 7) is -0.413. The van der Waals surface area contributed by atoms with Crippen molar-refractivity contribution < 1.29 is 13.6 Å². The van der Waals surface area contributed by atoms with E-state index in [2.05, 4.69) is 26.1 Å². The van der Waals surface area contributed by atoms with E-state index in [1.165, 1.54) is 10.7 Å². The molecule has 2 heterocycles. The first kappa shape index (κ1) is 14.6. The molecule has 3 aromatic rings. The molecule has 114 valence electrons. The Hall–Kier alpha value is -2.29. The van der Waals surface area contributed by atoms with Crippen LogP contribution in [0.15, 0.2) is 34.9 Å². The molecule has 2 N–H and O–H groups in total. The molecule has 1 amide bonds. The number of amides is 1. The van der Waals surface area contributed by atoms with Gasteiger partial charge in [-0.05, 0) is 12.1 Å². The molecule has 0 saturated heterocycles. The number of rotatable bonds is 4. The normalized spacial score (nSPS) is 11.5. The largest absolute Gasteiger partial charge is 0.368 e. The summed E-state index contributed by atoms with van der Waals surface area (Å²) in [5.74, 6) is -0.551. The number of hydrogen-bond donors (Lipinski definition) is 1. The number of carbonyl (C=O) groups excluding carboxylic acids is 1. The number of halogens is 3. The molecule has 0 aliphatic carbocycles. The summed E-state index contributed by atoms with van der Waals surface area (Å²) in [4.78, 5) is 11.0. The highest BCUT2D eigenvalue weighted by atomic mass is 79.9. The molecule has 0 atom stereocenters. The first-order valence-corrected chi connectivity index (χ1v) is 7.03. The average molecular weight is 370 g/mol. The molecule has 0 fully saturated rings. The van der Waals surface area contributed by atoms with Crippen LogP contribution in [0.4, 0.5) is 8.78 Å². The molecular formula is C13H10BrF2N5O. The van der Waals surface area contributed by atoms with Crippen molar-refractivity contribution in [2.75, 3.05) is 0 Å². The van der Waals surface area contributed by atoms with E-state index in [-0.39, 0.29) is 11.5 Å². The fraction of sp³-hybridized carbons (Fsp3) is 0.154. The highest BCUT2D eigenvalue weighted by Crippen LogP contribution is 2.25. The Balaban J connectivity index is 2.10. The molecule has 0 spiro atoms. The number of alkyl halides is 2. The van der Waals surface area contributed by atoms with Gasteiger partial charge in [-0.3, -0.25) is 9.48 Å². The standard InChI is InChI=1S/C13H10BrF2N5O/c14-8-2-1-3-9-7(8)5-21(18-9)12-4-10(13(15)16)20(19-12)6-11(17)22/h1-5,13H,6H2,(H2,17,22). The topological polar surface area (TPSA) is 78.7 Å². The Labute approximate surface area is 131 Å². The minimum absolute atomic E-state index is 0.194. The van der Waals surface area contributed by atoms with Gasteiger partial charge in [0.2, 0.25) is 5.91 Å². The molecule has 0 unspecified atom stereocenters. The van der Waals surface area contributed by atoms with E-state index >= 15 is 0 Å². The fourth-order valence-electron chi connectivity index (χ4n) is 2.10. The fourth-order valence-corrected chi connectivity index (χ4v) is 2.56. The van der Waals surface area contributed by atoms with Crippen molar-refractivity contribution in [2.24, 2.45) is 5.73 Å². The average Bonchev–Trinajstić information content (AvgIpc) is 3.02. The van der Waals surface area contributed by atoms with E-state index in [1.54, 1.807) is 12.3 Å². The maximum Gasteiger partial charge on any atom is 0.280 e. The van der Waals surface area contributed by atoms with Crippen molar-refractivity contribution in [3.8, 4) is 5.82 Å². The molecule has 6 nitrogen and oxygen atoms in total. The van der Waals surface area contributed by atoms with Crippen molar-refractivity contribution in [1.82, 2.24) is 19.6 Å². The van der Waals surface area contributed by atoms with Gasteiger partial charge in [0.05, 0.1) is 5.52 Å². The number of benzene rings is 1. The third-order valence-electron chi connectivity index (χ3n) is 3.06. The lowest BCUT2D eigenvalue weighted by Crippen LogP contribution is -2.21. The summed E-state index contributed by atoms with van der Waals surface area (Å²) in [7, 11) is 0. The quantitative estimate of drug-likeness (QED) is 0.766. The van der Waals surface area contributed by atoms with Crippen LogP contribution in [0.5, 0.6) is 0 Å². The summed E-state index contributed by atoms with van der Waals surface area (Å²) in [6, 6.07) is 6.66. The zero-order valence-corrected chi connectivity index (χ0v) is 12.7. The van der Waals surface area contributed by atoms with Gasteiger partial charge in [0, 0.05) is 22.1 Å². The Morgan fingerprint density at radius 1 is 1.36 bits per heavy atom. The lowest BCUT2D eigenvalue weighted by atomic mass is 10.3. The second-order valence-corrected chi connectivity index (χ2v) is 5.45. The van der Waals surface area contributed by atoms with Gasteiger partial charge in [-0.15, -0.1) is 0 Å². The Bertz CT molecular complexity index is 857. The molecule has 9 heteroatoms. The van der Waals surface area contributed by atoms with Gasteiger partial charge in [0.25, 0.3) is 6.43 Å². The van der Waals surface area contributed by atoms with E-state index in [1.807, 2.05) is 12.1 Å². The number of nitrogens with two attached hydrogens (primary N) is 1. The van der Waals surface area contributed by atoms with E-state index in [0.717, 1.165) is 14.5 Å². The predicted molar refractivity (Wildman–Crippen MR) is 78.7 cm³/mol. The first-order chi connectivity index (χ1) is 10.5. The molecule has 1 aromatic carbocycles. The van der Waals surface area contributed by atoms with Crippen molar-refractivity contribution >= 4 is 32.7 Å². The van der Waals surface area contributed by atoms with Gasteiger partial charge in [-0.25, -0.2) is 13.5 Å². The molecule has 0 saturated carbocycles. The van der Waals surface area contributed by atoms with Crippen LogP contribution in [-0.4, -0.2) is 25.5 Å². The van der Waals surface area contributed by atoms with Gasteiger partial charge >= 0.3 is 0 Å².